The third-order valence-corrected chi connectivity index (χ3v) is 7.64. The Morgan fingerprint density at radius 1 is 0.882 bits per heavy atom. The lowest BCUT2D eigenvalue weighted by Gasteiger charge is -2.28. The van der Waals surface area contributed by atoms with Gasteiger partial charge in [-0.2, -0.15) is 4.98 Å². The number of piperidine rings is 1. The van der Waals surface area contributed by atoms with Crippen LogP contribution in [-0.2, 0) is 10.0 Å². The molecule has 0 amide bonds. The molecule has 8 nitrogen and oxygen atoms in total. The number of ether oxygens (including phenoxy) is 1. The van der Waals surface area contributed by atoms with E-state index in [0.29, 0.717) is 22.9 Å². The van der Waals surface area contributed by atoms with Crippen molar-refractivity contribution in [2.75, 3.05) is 35.1 Å². The Morgan fingerprint density at radius 2 is 1.56 bits per heavy atom. The molecule has 1 aliphatic heterocycles. The zero-order chi connectivity index (χ0) is 24.3. The van der Waals surface area contributed by atoms with Crippen molar-refractivity contribution in [2.24, 2.45) is 0 Å². The number of nitrogens with zero attached hydrogens (tertiary/aromatic N) is 3. The Kier molecular flexibility index (Phi) is 6.92. The Morgan fingerprint density at radius 3 is 2.24 bits per heavy atom. The maximum atomic E-state index is 13.0. The Bertz CT molecular complexity index is 1270. The number of methoxy groups -OCH3 is 1. The molecule has 34 heavy (non-hydrogen) atoms. The number of anilines is 4. The van der Waals surface area contributed by atoms with Crippen LogP contribution in [0, 0.1) is 20.8 Å². The zero-order valence-corrected chi connectivity index (χ0v) is 20.9. The molecule has 3 aromatic rings. The van der Waals surface area contributed by atoms with Crippen LogP contribution in [0.5, 0.6) is 5.75 Å². The molecule has 1 saturated heterocycles. The summed E-state index contributed by atoms with van der Waals surface area (Å²) in [5, 5.41) is 3.24. The van der Waals surface area contributed by atoms with E-state index in [4.69, 9.17) is 4.74 Å². The van der Waals surface area contributed by atoms with Crippen molar-refractivity contribution in [2.45, 2.75) is 44.9 Å². The van der Waals surface area contributed by atoms with Gasteiger partial charge >= 0.3 is 0 Å². The molecule has 180 valence electrons. The summed E-state index contributed by atoms with van der Waals surface area (Å²) in [6.45, 7) is 7.61. The minimum absolute atomic E-state index is 0.228. The van der Waals surface area contributed by atoms with Crippen molar-refractivity contribution in [3.63, 3.8) is 0 Å². The van der Waals surface area contributed by atoms with Crippen LogP contribution in [0.1, 0.15) is 36.1 Å². The van der Waals surface area contributed by atoms with E-state index in [0.717, 1.165) is 35.9 Å². The summed E-state index contributed by atoms with van der Waals surface area (Å²) in [5.74, 6) is 2.12. The number of aryl methyl sites for hydroxylation is 1. The average Bonchev–Trinajstić information content (AvgIpc) is 2.82. The van der Waals surface area contributed by atoms with Crippen LogP contribution >= 0.6 is 0 Å². The Balaban J connectivity index is 1.49. The summed E-state index contributed by atoms with van der Waals surface area (Å²) in [6, 6.07) is 12.3. The summed E-state index contributed by atoms with van der Waals surface area (Å²) in [6.07, 6.45) is 3.62. The molecule has 2 heterocycles. The first-order valence-corrected chi connectivity index (χ1v) is 12.9. The average molecular weight is 482 g/mol. The highest BCUT2D eigenvalue weighted by molar-refractivity contribution is 7.92. The van der Waals surface area contributed by atoms with Gasteiger partial charge < -0.3 is 15.0 Å². The molecule has 0 unspecified atom stereocenters. The number of sulfonamides is 1. The Hall–Kier alpha value is -3.33. The molecule has 1 aromatic heterocycles. The van der Waals surface area contributed by atoms with Gasteiger partial charge in [0, 0.05) is 36.2 Å². The molecule has 0 spiro atoms. The highest BCUT2D eigenvalue weighted by Gasteiger charge is 2.20. The molecule has 0 radical (unpaired) electrons. The summed E-state index contributed by atoms with van der Waals surface area (Å²) >= 11 is 0. The number of hydrogen-bond donors (Lipinski definition) is 2. The number of rotatable bonds is 7. The highest BCUT2D eigenvalue weighted by atomic mass is 32.2. The topological polar surface area (TPSA) is 96.5 Å². The standard InChI is InChI=1S/C25H31N5O3S/c1-17-16-24(30-14-6-5-7-15-30)28-25(26-17)27-20-8-10-21(11-9-20)29-34(31,32)23-13-12-22(33-4)18(2)19(23)3/h8-13,16,29H,5-7,14-15H2,1-4H3,(H,26,27,28). The summed E-state index contributed by atoms with van der Waals surface area (Å²) in [4.78, 5) is 11.7. The van der Waals surface area contributed by atoms with Crippen LogP contribution in [0.4, 0.5) is 23.1 Å². The minimum atomic E-state index is -3.74. The van der Waals surface area contributed by atoms with Gasteiger partial charge in [-0.3, -0.25) is 4.72 Å². The van der Waals surface area contributed by atoms with Gasteiger partial charge in [-0.05, 0) is 87.6 Å². The molecule has 2 N–H and O–H groups in total. The zero-order valence-electron chi connectivity index (χ0n) is 20.1. The molecule has 4 rings (SSSR count). The normalized spacial score (nSPS) is 14.1. The molecule has 0 atom stereocenters. The predicted molar refractivity (Wildman–Crippen MR) is 136 cm³/mol. The van der Waals surface area contributed by atoms with Crippen molar-refractivity contribution in [1.29, 1.82) is 0 Å². The van der Waals surface area contributed by atoms with Gasteiger partial charge in [0.05, 0.1) is 12.0 Å². The lowest BCUT2D eigenvalue weighted by Crippen LogP contribution is -2.30. The van der Waals surface area contributed by atoms with Crippen molar-refractivity contribution in [3.05, 3.63) is 59.3 Å². The van der Waals surface area contributed by atoms with Crippen LogP contribution in [-0.4, -0.2) is 38.6 Å². The maximum Gasteiger partial charge on any atom is 0.262 e. The Labute approximate surface area is 201 Å². The maximum absolute atomic E-state index is 13.0. The van der Waals surface area contributed by atoms with Gasteiger partial charge in [0.1, 0.15) is 11.6 Å². The van der Waals surface area contributed by atoms with Gasteiger partial charge in [-0.1, -0.05) is 0 Å². The first-order valence-electron chi connectivity index (χ1n) is 11.4. The number of nitrogens with one attached hydrogen (secondary N) is 2. The molecule has 0 aliphatic carbocycles. The van der Waals surface area contributed by atoms with Gasteiger partial charge in [-0.15, -0.1) is 0 Å². The van der Waals surface area contributed by atoms with Crippen LogP contribution in [0.3, 0.4) is 0 Å². The SMILES string of the molecule is COc1ccc(S(=O)(=O)Nc2ccc(Nc3nc(C)cc(N4CCCCC4)n3)cc2)c(C)c1C. The monoisotopic (exact) mass is 481 g/mol. The van der Waals surface area contributed by atoms with Crippen LogP contribution in [0.15, 0.2) is 47.4 Å². The molecule has 1 fully saturated rings. The third kappa shape index (κ3) is 5.25. The van der Waals surface area contributed by atoms with Crippen LogP contribution < -0.4 is 19.7 Å². The molecule has 1 aliphatic rings. The van der Waals surface area contributed by atoms with E-state index in [1.165, 1.54) is 19.3 Å². The first kappa shape index (κ1) is 23.8. The van der Waals surface area contributed by atoms with Crippen molar-refractivity contribution < 1.29 is 13.2 Å². The molecular weight excluding hydrogens is 450 g/mol. The van der Waals surface area contributed by atoms with E-state index in [1.807, 2.05) is 19.9 Å². The van der Waals surface area contributed by atoms with E-state index in [2.05, 4.69) is 24.9 Å². The van der Waals surface area contributed by atoms with Crippen molar-refractivity contribution >= 4 is 33.2 Å². The van der Waals surface area contributed by atoms with E-state index >= 15 is 0 Å². The van der Waals surface area contributed by atoms with Gasteiger partial charge in [0.25, 0.3) is 10.0 Å². The summed E-state index contributed by atoms with van der Waals surface area (Å²) < 4.78 is 33.9. The first-order chi connectivity index (χ1) is 16.3. The molecule has 9 heteroatoms. The molecule has 0 saturated carbocycles. The summed E-state index contributed by atoms with van der Waals surface area (Å²) in [7, 11) is -2.17. The largest absolute Gasteiger partial charge is 0.496 e. The van der Waals surface area contributed by atoms with E-state index in [9.17, 15) is 8.42 Å². The fourth-order valence-electron chi connectivity index (χ4n) is 4.14. The third-order valence-electron chi connectivity index (χ3n) is 6.11. The second-order valence-corrected chi connectivity index (χ2v) is 10.2. The summed E-state index contributed by atoms with van der Waals surface area (Å²) in [5.41, 5.74) is 3.60. The minimum Gasteiger partial charge on any atom is -0.496 e. The van der Waals surface area contributed by atoms with E-state index in [-0.39, 0.29) is 4.90 Å². The molecular formula is C25H31N5O3S. The molecule has 2 aromatic carbocycles. The lowest BCUT2D eigenvalue weighted by atomic mass is 10.1. The number of benzene rings is 2. The fraction of sp³-hybridized carbons (Fsp3) is 0.360. The van der Waals surface area contributed by atoms with Gasteiger partial charge in [-0.25, -0.2) is 13.4 Å². The second kappa shape index (κ2) is 9.89. The van der Waals surface area contributed by atoms with Crippen molar-refractivity contribution in [3.8, 4) is 5.75 Å². The van der Waals surface area contributed by atoms with Gasteiger partial charge in [0.15, 0.2) is 0 Å². The van der Waals surface area contributed by atoms with E-state index in [1.54, 1.807) is 50.4 Å². The van der Waals surface area contributed by atoms with Crippen molar-refractivity contribution in [1.82, 2.24) is 9.97 Å². The lowest BCUT2D eigenvalue weighted by molar-refractivity contribution is 0.411. The van der Waals surface area contributed by atoms with Crippen LogP contribution in [0.2, 0.25) is 0 Å². The number of hydrogen-bond acceptors (Lipinski definition) is 7. The highest BCUT2D eigenvalue weighted by Crippen LogP contribution is 2.29. The quantitative estimate of drug-likeness (QED) is 0.493. The van der Waals surface area contributed by atoms with Crippen LogP contribution in [0.25, 0.3) is 0 Å². The molecule has 0 bridgehead atoms. The fourth-order valence-corrected chi connectivity index (χ4v) is 5.50. The number of aromatic nitrogens is 2. The van der Waals surface area contributed by atoms with E-state index < -0.39 is 10.0 Å². The smallest absolute Gasteiger partial charge is 0.262 e. The predicted octanol–water partition coefficient (Wildman–Crippen LogP) is 4.95. The second-order valence-electron chi connectivity index (χ2n) is 8.56. The van der Waals surface area contributed by atoms with Gasteiger partial charge in [0.2, 0.25) is 5.95 Å².